The van der Waals surface area contributed by atoms with Crippen LogP contribution in [-0.2, 0) is 0 Å². The Balaban J connectivity index is 0.000000845. The Morgan fingerprint density at radius 2 is 2.07 bits per heavy atom. The van der Waals surface area contributed by atoms with Crippen molar-refractivity contribution in [3.63, 3.8) is 0 Å². The minimum absolute atomic E-state index is 0. The number of nitrogens with one attached hydrogen (secondary N) is 1. The molecular weight excluding hydrogens is 219 g/mol. The van der Waals surface area contributed by atoms with Crippen molar-refractivity contribution in [3.05, 3.63) is 30.1 Å². The normalized spacial score (nSPS) is 20.4. The number of nitrogens with zero attached hydrogens (tertiary/aromatic N) is 1. The lowest BCUT2D eigenvalue weighted by molar-refractivity contribution is 0.405. The van der Waals surface area contributed by atoms with Crippen LogP contribution in [0.25, 0.3) is 0 Å². The van der Waals surface area contributed by atoms with Gasteiger partial charge in [0.15, 0.2) is 0 Å². The van der Waals surface area contributed by atoms with Crippen molar-refractivity contribution < 1.29 is 0 Å². The average molecular weight is 235 g/mol. The molecule has 1 N–H and O–H groups in total. The van der Waals surface area contributed by atoms with Crippen molar-refractivity contribution in [2.45, 2.75) is 25.3 Å². The minimum Gasteiger partial charge on any atom is -0.309 e. The number of hydrogen-bond donors (Lipinski definition) is 1. The predicted molar refractivity (Wildman–Crippen MR) is 63.3 cm³/mol. The summed E-state index contributed by atoms with van der Waals surface area (Å²) in [6.07, 6.45) is 5.74. The van der Waals surface area contributed by atoms with Crippen LogP contribution >= 0.6 is 24.8 Å². The Kier molecular flexibility index (Phi) is 6.89. The lowest BCUT2D eigenvalue weighted by atomic mass is 10.0. The van der Waals surface area contributed by atoms with E-state index in [1.165, 1.54) is 25.0 Å². The molecule has 2 nitrogen and oxygen atoms in total. The molecule has 1 fully saturated rings. The summed E-state index contributed by atoms with van der Waals surface area (Å²) in [6.45, 7) is 1.14. The van der Waals surface area contributed by atoms with Gasteiger partial charge in [0.1, 0.15) is 0 Å². The van der Waals surface area contributed by atoms with Gasteiger partial charge >= 0.3 is 0 Å². The van der Waals surface area contributed by atoms with Gasteiger partial charge in [0.25, 0.3) is 0 Å². The van der Waals surface area contributed by atoms with Crippen LogP contribution < -0.4 is 5.32 Å². The molecule has 0 bridgehead atoms. The molecule has 1 saturated heterocycles. The van der Waals surface area contributed by atoms with Gasteiger partial charge in [-0.15, -0.1) is 24.8 Å². The Bertz CT molecular complexity index is 235. The van der Waals surface area contributed by atoms with Gasteiger partial charge in [-0.1, -0.05) is 12.5 Å². The molecule has 0 radical (unpaired) electrons. The summed E-state index contributed by atoms with van der Waals surface area (Å²) in [5.41, 5.74) is 1.19. The summed E-state index contributed by atoms with van der Waals surface area (Å²) in [4.78, 5) is 4.34. The van der Waals surface area contributed by atoms with Crippen molar-refractivity contribution in [2.24, 2.45) is 0 Å². The first-order chi connectivity index (χ1) is 5.97. The van der Waals surface area contributed by atoms with Crippen molar-refractivity contribution in [3.8, 4) is 0 Å². The molecule has 0 aliphatic carbocycles. The predicted octanol–water partition coefficient (Wildman–Crippen LogP) is 2.74. The van der Waals surface area contributed by atoms with E-state index in [1.807, 2.05) is 12.3 Å². The topological polar surface area (TPSA) is 24.9 Å². The summed E-state index contributed by atoms with van der Waals surface area (Å²) < 4.78 is 0. The Morgan fingerprint density at radius 1 is 1.21 bits per heavy atom. The standard InChI is InChI=1S/C10H14N2.2ClH/c1-3-7-11-9(5-1)10-6-2-4-8-12-10;;/h1,3,5,7,10,12H,2,4,6,8H2;2*1H/t10-;;/m0../s1. The maximum Gasteiger partial charge on any atom is 0.0573 e. The van der Waals surface area contributed by atoms with Crippen LogP contribution in [0.2, 0.25) is 0 Å². The van der Waals surface area contributed by atoms with Crippen LogP contribution in [0.3, 0.4) is 0 Å². The van der Waals surface area contributed by atoms with Gasteiger partial charge in [-0.2, -0.15) is 0 Å². The van der Waals surface area contributed by atoms with Gasteiger partial charge in [-0.3, -0.25) is 4.98 Å². The lowest BCUT2D eigenvalue weighted by Gasteiger charge is -2.22. The van der Waals surface area contributed by atoms with Gasteiger partial charge in [0.05, 0.1) is 5.69 Å². The smallest absolute Gasteiger partial charge is 0.0573 e. The van der Waals surface area contributed by atoms with E-state index in [-0.39, 0.29) is 24.8 Å². The number of hydrogen-bond acceptors (Lipinski definition) is 2. The highest BCUT2D eigenvalue weighted by molar-refractivity contribution is 5.85. The fourth-order valence-corrected chi connectivity index (χ4v) is 1.69. The van der Waals surface area contributed by atoms with Gasteiger partial charge < -0.3 is 5.32 Å². The van der Waals surface area contributed by atoms with E-state index in [1.54, 1.807) is 0 Å². The van der Waals surface area contributed by atoms with Crippen LogP contribution in [0.15, 0.2) is 24.4 Å². The average Bonchev–Trinajstić information content (AvgIpc) is 2.21. The van der Waals surface area contributed by atoms with E-state index < -0.39 is 0 Å². The monoisotopic (exact) mass is 234 g/mol. The van der Waals surface area contributed by atoms with Gasteiger partial charge in [0.2, 0.25) is 0 Å². The molecule has 1 atom stereocenters. The molecule has 2 rings (SSSR count). The number of halogens is 2. The summed E-state index contributed by atoms with van der Waals surface area (Å²) in [7, 11) is 0. The third kappa shape index (κ3) is 3.45. The minimum atomic E-state index is 0. The van der Waals surface area contributed by atoms with Gasteiger partial charge in [-0.25, -0.2) is 0 Å². The largest absolute Gasteiger partial charge is 0.309 e. The summed E-state index contributed by atoms with van der Waals surface area (Å²) in [6, 6.07) is 6.62. The second kappa shape index (κ2) is 7.04. The molecule has 0 saturated carbocycles. The van der Waals surface area contributed by atoms with Gasteiger partial charge in [-0.05, 0) is 31.5 Å². The third-order valence-corrected chi connectivity index (χ3v) is 2.36. The van der Waals surface area contributed by atoms with E-state index >= 15 is 0 Å². The molecule has 0 unspecified atom stereocenters. The molecule has 80 valence electrons. The molecule has 1 aliphatic rings. The molecule has 2 heterocycles. The highest BCUT2D eigenvalue weighted by atomic mass is 35.5. The summed E-state index contributed by atoms with van der Waals surface area (Å²) in [5, 5.41) is 3.47. The molecule has 4 heteroatoms. The van der Waals surface area contributed by atoms with E-state index in [2.05, 4.69) is 22.4 Å². The fourth-order valence-electron chi connectivity index (χ4n) is 1.69. The van der Waals surface area contributed by atoms with E-state index in [9.17, 15) is 0 Å². The summed E-state index contributed by atoms with van der Waals surface area (Å²) >= 11 is 0. The Labute approximate surface area is 97.3 Å². The molecule has 0 amide bonds. The second-order valence-electron chi connectivity index (χ2n) is 3.26. The SMILES string of the molecule is Cl.Cl.c1ccc([C@@H]2CCCCN2)nc1. The second-order valence-corrected chi connectivity index (χ2v) is 3.26. The first-order valence-corrected chi connectivity index (χ1v) is 4.61. The molecule has 0 aromatic carbocycles. The zero-order valence-electron chi connectivity index (χ0n) is 7.98. The number of piperidine rings is 1. The van der Waals surface area contributed by atoms with Gasteiger partial charge in [0, 0.05) is 12.2 Å². The molecule has 1 aliphatic heterocycles. The molecule has 1 aromatic rings. The maximum absolute atomic E-state index is 4.34. The highest BCUT2D eigenvalue weighted by Crippen LogP contribution is 2.20. The van der Waals surface area contributed by atoms with E-state index in [0.717, 1.165) is 6.54 Å². The summed E-state index contributed by atoms with van der Waals surface area (Å²) in [5.74, 6) is 0. The zero-order chi connectivity index (χ0) is 8.23. The number of pyridine rings is 1. The van der Waals surface area contributed by atoms with E-state index in [4.69, 9.17) is 0 Å². The van der Waals surface area contributed by atoms with Crippen molar-refractivity contribution >= 4 is 24.8 Å². The van der Waals surface area contributed by atoms with Crippen LogP contribution in [0.5, 0.6) is 0 Å². The first-order valence-electron chi connectivity index (χ1n) is 4.61. The molecular formula is C10H16Cl2N2. The van der Waals surface area contributed by atoms with Crippen molar-refractivity contribution in [2.75, 3.05) is 6.54 Å². The third-order valence-electron chi connectivity index (χ3n) is 2.36. The number of rotatable bonds is 1. The first kappa shape index (κ1) is 13.7. The molecule has 14 heavy (non-hydrogen) atoms. The maximum atomic E-state index is 4.34. The Hall–Kier alpha value is -0.310. The van der Waals surface area contributed by atoms with Crippen molar-refractivity contribution in [1.29, 1.82) is 0 Å². The van der Waals surface area contributed by atoms with Crippen LogP contribution in [0, 0.1) is 0 Å². The Morgan fingerprint density at radius 3 is 2.64 bits per heavy atom. The fraction of sp³-hybridized carbons (Fsp3) is 0.500. The lowest BCUT2D eigenvalue weighted by Crippen LogP contribution is -2.27. The van der Waals surface area contributed by atoms with E-state index in [0.29, 0.717) is 6.04 Å². The van der Waals surface area contributed by atoms with Crippen molar-refractivity contribution in [1.82, 2.24) is 10.3 Å². The quantitative estimate of drug-likeness (QED) is 0.809. The van der Waals surface area contributed by atoms with Crippen LogP contribution in [0.1, 0.15) is 31.0 Å². The number of aromatic nitrogens is 1. The zero-order valence-corrected chi connectivity index (χ0v) is 9.61. The van der Waals surface area contributed by atoms with Crippen LogP contribution in [0.4, 0.5) is 0 Å². The highest BCUT2D eigenvalue weighted by Gasteiger charge is 2.14. The van der Waals surface area contributed by atoms with Crippen LogP contribution in [-0.4, -0.2) is 11.5 Å². The molecule has 0 spiro atoms. The molecule has 1 aromatic heterocycles.